The molecule has 0 aromatic rings. The Kier molecular flexibility index (Phi) is 6.90. The summed E-state index contributed by atoms with van der Waals surface area (Å²) in [7, 11) is 0.778. The van der Waals surface area contributed by atoms with Crippen molar-refractivity contribution in [2.24, 2.45) is 5.73 Å². The summed E-state index contributed by atoms with van der Waals surface area (Å²) in [4.78, 5) is 0. The van der Waals surface area contributed by atoms with Gasteiger partial charge in [0.1, 0.15) is 9.55 Å². The van der Waals surface area contributed by atoms with Crippen LogP contribution in [-0.4, -0.2) is 15.1 Å². The van der Waals surface area contributed by atoms with E-state index in [0.29, 0.717) is 0 Å². The third-order valence-electron chi connectivity index (χ3n) is 0. The molecule has 0 aliphatic heterocycles. The zero-order valence-corrected chi connectivity index (χ0v) is 8.21. The van der Waals surface area contributed by atoms with E-state index in [1.165, 1.54) is 0 Å². The third-order valence-corrected chi connectivity index (χ3v) is 0. The Labute approximate surface area is 53.4 Å². The van der Waals surface area contributed by atoms with Crippen LogP contribution in [0.5, 0.6) is 0 Å². The van der Waals surface area contributed by atoms with Crippen LogP contribution in [0.15, 0.2) is 0 Å². The van der Waals surface area contributed by atoms with Crippen molar-refractivity contribution < 1.29 is 0 Å². The van der Waals surface area contributed by atoms with Crippen LogP contribution in [0.4, 0.5) is 0 Å². The molecular formula is C4H14ClNSi. The van der Waals surface area contributed by atoms with E-state index in [1.807, 2.05) is 20.8 Å². The monoisotopic (exact) mass is 139 g/mol. The highest BCUT2D eigenvalue weighted by Gasteiger charge is 1.95. The smallest absolute Gasteiger partial charge is 0.109 e. The SMILES string of the molecule is CC(C)(C)N.[SiH3]Cl. The Hall–Kier alpha value is 0.467. The van der Waals surface area contributed by atoms with E-state index >= 15 is 0 Å². The van der Waals surface area contributed by atoms with Crippen molar-refractivity contribution in [3.05, 3.63) is 0 Å². The lowest BCUT2D eigenvalue weighted by molar-refractivity contribution is 0.580. The van der Waals surface area contributed by atoms with Gasteiger partial charge in [0.05, 0.1) is 0 Å². The van der Waals surface area contributed by atoms with Gasteiger partial charge >= 0.3 is 0 Å². The van der Waals surface area contributed by atoms with Gasteiger partial charge in [0.25, 0.3) is 0 Å². The maximum absolute atomic E-state index is 5.35. The summed E-state index contributed by atoms with van der Waals surface area (Å²) in [5, 5.41) is 0. The van der Waals surface area contributed by atoms with Crippen molar-refractivity contribution in [2.75, 3.05) is 0 Å². The van der Waals surface area contributed by atoms with Crippen molar-refractivity contribution in [2.45, 2.75) is 26.3 Å². The maximum atomic E-state index is 5.35. The highest BCUT2D eigenvalue weighted by molar-refractivity contribution is 6.80. The number of rotatable bonds is 0. The first-order valence-electron chi connectivity index (χ1n) is 2.17. The molecule has 0 aliphatic rings. The molecule has 0 atom stereocenters. The van der Waals surface area contributed by atoms with Gasteiger partial charge in [-0.3, -0.25) is 0 Å². The molecule has 3 heteroatoms. The molecule has 0 unspecified atom stereocenters. The van der Waals surface area contributed by atoms with Gasteiger partial charge in [-0.05, 0) is 20.8 Å². The highest BCUT2D eigenvalue weighted by Crippen LogP contribution is 1.88. The average molecular weight is 140 g/mol. The van der Waals surface area contributed by atoms with Crippen molar-refractivity contribution in [3.63, 3.8) is 0 Å². The Morgan fingerprint density at radius 2 is 1.29 bits per heavy atom. The fourth-order valence-corrected chi connectivity index (χ4v) is 0. The first kappa shape index (κ1) is 10.4. The predicted octanol–water partition coefficient (Wildman–Crippen LogP) is 0.249. The lowest BCUT2D eigenvalue weighted by Gasteiger charge is -2.06. The maximum Gasteiger partial charge on any atom is 0.109 e. The molecule has 1 nitrogen and oxygen atoms in total. The van der Waals surface area contributed by atoms with Crippen molar-refractivity contribution in [3.8, 4) is 0 Å². The Morgan fingerprint density at radius 3 is 1.29 bits per heavy atom. The van der Waals surface area contributed by atoms with Gasteiger partial charge in [-0.15, -0.1) is 0 Å². The summed E-state index contributed by atoms with van der Waals surface area (Å²) in [6.07, 6.45) is 0. The molecule has 0 aromatic carbocycles. The minimum atomic E-state index is 0. The zero-order chi connectivity index (χ0) is 6.50. The predicted molar refractivity (Wildman–Crippen MR) is 39.7 cm³/mol. The molecule has 0 saturated carbocycles. The van der Waals surface area contributed by atoms with Crippen LogP contribution in [0.25, 0.3) is 0 Å². The largest absolute Gasteiger partial charge is 0.326 e. The molecule has 2 N–H and O–H groups in total. The molecule has 46 valence electrons. The fourth-order valence-electron chi connectivity index (χ4n) is 0. The molecule has 0 aromatic heterocycles. The minimum Gasteiger partial charge on any atom is -0.326 e. The van der Waals surface area contributed by atoms with Crippen LogP contribution in [0.2, 0.25) is 0 Å². The van der Waals surface area contributed by atoms with Crippen LogP contribution in [0.3, 0.4) is 0 Å². The van der Waals surface area contributed by atoms with Crippen LogP contribution in [-0.2, 0) is 0 Å². The van der Waals surface area contributed by atoms with Crippen LogP contribution < -0.4 is 5.73 Å². The van der Waals surface area contributed by atoms with E-state index in [9.17, 15) is 0 Å². The summed E-state index contributed by atoms with van der Waals surface area (Å²) in [6.45, 7) is 5.90. The molecule has 0 radical (unpaired) electrons. The second-order valence-corrected chi connectivity index (χ2v) is 2.37. The van der Waals surface area contributed by atoms with Gasteiger partial charge in [0.15, 0.2) is 0 Å². The molecule has 0 aliphatic carbocycles. The molecule has 7 heavy (non-hydrogen) atoms. The number of hydrogen-bond acceptors (Lipinski definition) is 1. The van der Waals surface area contributed by atoms with E-state index in [1.54, 1.807) is 0 Å². The van der Waals surface area contributed by atoms with Crippen LogP contribution in [0, 0.1) is 0 Å². The lowest BCUT2D eigenvalue weighted by atomic mass is 10.1. The first-order chi connectivity index (χ1) is 3.00. The van der Waals surface area contributed by atoms with Crippen LogP contribution in [0.1, 0.15) is 20.8 Å². The molecule has 0 bridgehead atoms. The molecule has 0 spiro atoms. The normalized spacial score (nSPS) is 9.86. The Balaban J connectivity index is 0. The Bertz CT molecular complexity index is 27.2. The highest BCUT2D eigenvalue weighted by atomic mass is 35.6. The quantitative estimate of drug-likeness (QED) is 0.378. The summed E-state index contributed by atoms with van der Waals surface area (Å²) in [6, 6.07) is 0. The van der Waals surface area contributed by atoms with Gasteiger partial charge in [0.2, 0.25) is 0 Å². The number of halogens is 1. The Morgan fingerprint density at radius 1 is 1.29 bits per heavy atom. The van der Waals surface area contributed by atoms with E-state index < -0.39 is 0 Å². The van der Waals surface area contributed by atoms with E-state index in [2.05, 4.69) is 0 Å². The molecule has 0 rings (SSSR count). The van der Waals surface area contributed by atoms with Gasteiger partial charge in [-0.2, -0.15) is 11.1 Å². The summed E-state index contributed by atoms with van der Waals surface area (Å²) < 4.78 is 0. The minimum absolute atomic E-state index is 0. The molecular weight excluding hydrogens is 126 g/mol. The first-order valence-corrected chi connectivity index (χ1v) is 5.19. The molecule has 0 saturated heterocycles. The molecule has 0 heterocycles. The third kappa shape index (κ3) is 592. The van der Waals surface area contributed by atoms with Gasteiger partial charge in [-0.1, -0.05) is 0 Å². The summed E-state index contributed by atoms with van der Waals surface area (Å²) in [5.41, 5.74) is 5.35. The van der Waals surface area contributed by atoms with E-state index in [0.717, 1.165) is 9.55 Å². The van der Waals surface area contributed by atoms with E-state index in [-0.39, 0.29) is 5.54 Å². The topological polar surface area (TPSA) is 26.0 Å². The second-order valence-electron chi connectivity index (χ2n) is 2.37. The van der Waals surface area contributed by atoms with Crippen molar-refractivity contribution in [1.29, 1.82) is 0 Å². The van der Waals surface area contributed by atoms with Gasteiger partial charge in [-0.25, -0.2) is 0 Å². The van der Waals surface area contributed by atoms with E-state index in [4.69, 9.17) is 16.8 Å². The van der Waals surface area contributed by atoms with Crippen molar-refractivity contribution in [1.82, 2.24) is 0 Å². The molecule has 0 fully saturated rings. The van der Waals surface area contributed by atoms with Gasteiger partial charge < -0.3 is 5.73 Å². The van der Waals surface area contributed by atoms with Crippen molar-refractivity contribution >= 4 is 20.6 Å². The van der Waals surface area contributed by atoms with Gasteiger partial charge in [0, 0.05) is 5.54 Å². The second kappa shape index (κ2) is 4.62. The number of nitrogens with two attached hydrogens (primary N) is 1. The summed E-state index contributed by atoms with van der Waals surface area (Å²) in [5.74, 6) is 0. The molecule has 0 amide bonds. The lowest BCUT2D eigenvalue weighted by Crippen LogP contribution is -2.26. The zero-order valence-electron chi connectivity index (χ0n) is 5.46. The number of hydrogen-bond donors (Lipinski definition) is 1. The standard InChI is InChI=1S/C4H11N.ClH3Si/c1-4(2,3)5;1-2/h5H2,1-3H3;2H3. The fraction of sp³-hybridized carbons (Fsp3) is 1.00. The summed E-state index contributed by atoms with van der Waals surface area (Å²) >= 11 is 4.78. The average Bonchev–Trinajstić information content (AvgIpc) is 1.36. The van der Waals surface area contributed by atoms with Crippen LogP contribution >= 0.6 is 11.1 Å².